The fourth-order valence-corrected chi connectivity index (χ4v) is 6.09. The van der Waals surface area contributed by atoms with Crippen LogP contribution < -0.4 is 0 Å². The molecule has 2 fully saturated rings. The minimum atomic E-state index is -2.28. The van der Waals surface area contributed by atoms with E-state index in [4.69, 9.17) is 13.3 Å². The van der Waals surface area contributed by atoms with Gasteiger partial charge in [0.2, 0.25) is 0 Å². The van der Waals surface area contributed by atoms with E-state index in [0.29, 0.717) is 5.54 Å². The van der Waals surface area contributed by atoms with E-state index in [9.17, 15) is 0 Å². The summed E-state index contributed by atoms with van der Waals surface area (Å²) in [5.74, 6) is 1.68. The van der Waals surface area contributed by atoms with Crippen LogP contribution in [-0.4, -0.2) is 30.1 Å². The molecule has 2 unspecified atom stereocenters. The lowest BCUT2D eigenvalue weighted by molar-refractivity contribution is 0.118. The molecule has 0 aromatic carbocycles. The predicted octanol–water partition coefficient (Wildman–Crippen LogP) is 1.66. The Morgan fingerprint density at radius 2 is 1.38 bits per heavy atom. The fourth-order valence-electron chi connectivity index (χ4n) is 3.00. The van der Waals surface area contributed by atoms with E-state index in [0.717, 1.165) is 11.8 Å². The molecular formula is C9H18O3Si. The molecule has 76 valence electrons. The van der Waals surface area contributed by atoms with E-state index >= 15 is 0 Å². The third-order valence-electron chi connectivity index (χ3n) is 3.67. The molecule has 2 saturated carbocycles. The van der Waals surface area contributed by atoms with E-state index in [1.54, 1.807) is 21.3 Å². The summed E-state index contributed by atoms with van der Waals surface area (Å²) >= 11 is 0. The summed E-state index contributed by atoms with van der Waals surface area (Å²) < 4.78 is 16.5. The van der Waals surface area contributed by atoms with Crippen molar-refractivity contribution in [2.45, 2.75) is 24.8 Å². The third kappa shape index (κ3) is 1.28. The Morgan fingerprint density at radius 1 is 0.923 bits per heavy atom. The highest BCUT2D eigenvalue weighted by molar-refractivity contribution is 6.63. The minimum Gasteiger partial charge on any atom is -0.377 e. The highest BCUT2D eigenvalue weighted by Crippen LogP contribution is 2.66. The van der Waals surface area contributed by atoms with Crippen LogP contribution in [0.3, 0.4) is 0 Å². The highest BCUT2D eigenvalue weighted by Gasteiger charge is 2.67. The number of fused-ring (bicyclic) bond motifs is 1. The zero-order valence-electron chi connectivity index (χ0n) is 8.58. The monoisotopic (exact) mass is 202 g/mol. The second-order valence-electron chi connectivity index (χ2n) is 4.00. The smallest absolute Gasteiger partial charge is 0.377 e. The van der Waals surface area contributed by atoms with E-state index in [1.165, 1.54) is 19.3 Å². The zero-order valence-corrected chi connectivity index (χ0v) is 9.58. The van der Waals surface area contributed by atoms with E-state index in [-0.39, 0.29) is 0 Å². The van der Waals surface area contributed by atoms with Crippen LogP contribution in [0.2, 0.25) is 5.54 Å². The summed E-state index contributed by atoms with van der Waals surface area (Å²) in [6.45, 7) is 0. The van der Waals surface area contributed by atoms with E-state index in [2.05, 4.69) is 0 Å². The molecule has 0 aliphatic heterocycles. The van der Waals surface area contributed by atoms with Crippen molar-refractivity contribution in [1.29, 1.82) is 0 Å². The van der Waals surface area contributed by atoms with Crippen molar-refractivity contribution < 1.29 is 13.3 Å². The lowest BCUT2D eigenvalue weighted by Crippen LogP contribution is -2.44. The number of hydrogen-bond donors (Lipinski definition) is 0. The van der Waals surface area contributed by atoms with Crippen LogP contribution >= 0.6 is 0 Å². The third-order valence-corrected chi connectivity index (χ3v) is 7.05. The Kier molecular flexibility index (Phi) is 2.48. The van der Waals surface area contributed by atoms with E-state index in [1.807, 2.05) is 0 Å². The minimum absolute atomic E-state index is 0.598. The first kappa shape index (κ1) is 9.64. The maximum Gasteiger partial charge on any atom is 0.504 e. The van der Waals surface area contributed by atoms with Gasteiger partial charge in [0.1, 0.15) is 0 Å². The van der Waals surface area contributed by atoms with Crippen molar-refractivity contribution in [3.63, 3.8) is 0 Å². The Morgan fingerprint density at radius 3 is 1.77 bits per heavy atom. The molecule has 13 heavy (non-hydrogen) atoms. The van der Waals surface area contributed by atoms with Gasteiger partial charge in [0.25, 0.3) is 0 Å². The molecule has 0 radical (unpaired) electrons. The van der Waals surface area contributed by atoms with Crippen molar-refractivity contribution in [2.24, 2.45) is 11.8 Å². The predicted molar refractivity (Wildman–Crippen MR) is 51.4 cm³/mol. The molecule has 0 amide bonds. The number of rotatable bonds is 4. The maximum atomic E-state index is 5.49. The quantitative estimate of drug-likeness (QED) is 0.649. The average Bonchev–Trinajstić information content (AvgIpc) is 2.68. The van der Waals surface area contributed by atoms with Gasteiger partial charge in [0.15, 0.2) is 0 Å². The summed E-state index contributed by atoms with van der Waals surface area (Å²) in [6.07, 6.45) is 4.08. The largest absolute Gasteiger partial charge is 0.504 e. The Labute approximate surface area is 80.7 Å². The Bertz CT molecular complexity index is 175. The first-order valence-corrected chi connectivity index (χ1v) is 6.74. The molecule has 0 aromatic rings. The average molecular weight is 202 g/mol. The molecule has 0 N–H and O–H groups in total. The molecule has 2 rings (SSSR count). The van der Waals surface area contributed by atoms with Crippen LogP contribution in [0.5, 0.6) is 0 Å². The molecule has 0 spiro atoms. The highest BCUT2D eigenvalue weighted by atomic mass is 28.4. The molecule has 0 saturated heterocycles. The Balaban J connectivity index is 2.05. The van der Waals surface area contributed by atoms with E-state index < -0.39 is 8.80 Å². The maximum absolute atomic E-state index is 5.49. The fraction of sp³-hybridized carbons (Fsp3) is 1.00. The van der Waals surface area contributed by atoms with Crippen molar-refractivity contribution in [2.75, 3.05) is 21.3 Å². The molecule has 3 nitrogen and oxygen atoms in total. The second-order valence-corrected chi connectivity index (χ2v) is 7.10. The van der Waals surface area contributed by atoms with Gasteiger partial charge in [-0.25, -0.2) is 0 Å². The van der Waals surface area contributed by atoms with Crippen molar-refractivity contribution >= 4 is 8.80 Å². The van der Waals surface area contributed by atoms with Crippen LogP contribution in [0.4, 0.5) is 0 Å². The molecule has 0 aromatic heterocycles. The van der Waals surface area contributed by atoms with Crippen LogP contribution in [-0.2, 0) is 13.3 Å². The van der Waals surface area contributed by atoms with Crippen LogP contribution in [0.25, 0.3) is 0 Å². The van der Waals surface area contributed by atoms with Crippen LogP contribution in [0.15, 0.2) is 0 Å². The van der Waals surface area contributed by atoms with Gasteiger partial charge in [-0.3, -0.25) is 0 Å². The van der Waals surface area contributed by atoms with Gasteiger partial charge in [-0.2, -0.15) is 0 Å². The first-order valence-electron chi connectivity index (χ1n) is 4.94. The number of hydrogen-bond acceptors (Lipinski definition) is 3. The van der Waals surface area contributed by atoms with Crippen molar-refractivity contribution in [3.8, 4) is 0 Å². The summed E-state index contributed by atoms with van der Waals surface area (Å²) in [5, 5.41) is 0. The summed E-state index contributed by atoms with van der Waals surface area (Å²) in [6, 6.07) is 0. The van der Waals surface area contributed by atoms with Gasteiger partial charge in [-0.15, -0.1) is 0 Å². The molecule has 2 aliphatic carbocycles. The normalized spacial score (nSPS) is 37.6. The van der Waals surface area contributed by atoms with Gasteiger partial charge in [0.05, 0.1) is 0 Å². The van der Waals surface area contributed by atoms with Gasteiger partial charge in [0, 0.05) is 26.9 Å². The van der Waals surface area contributed by atoms with Gasteiger partial charge in [-0.1, -0.05) is 6.42 Å². The lowest BCUT2D eigenvalue weighted by atomic mass is 10.2. The van der Waals surface area contributed by atoms with Crippen molar-refractivity contribution in [1.82, 2.24) is 0 Å². The van der Waals surface area contributed by atoms with Crippen LogP contribution in [0, 0.1) is 11.8 Å². The second kappa shape index (κ2) is 3.35. The summed E-state index contributed by atoms with van der Waals surface area (Å²) in [4.78, 5) is 0. The lowest BCUT2D eigenvalue weighted by Gasteiger charge is -2.25. The SMILES string of the molecule is CO[Si](OC)(OC)C1C2CCCC21. The topological polar surface area (TPSA) is 27.7 Å². The molecule has 0 bridgehead atoms. The standard InChI is InChI=1S/C9H18O3Si/c1-10-13(11-2,12-3)9-7-5-4-6-8(7)9/h7-9H,4-6H2,1-3H3. The molecule has 0 heterocycles. The van der Waals surface area contributed by atoms with Gasteiger partial charge in [-0.05, 0) is 24.7 Å². The molecular weight excluding hydrogens is 184 g/mol. The Hall–Kier alpha value is 0.0969. The van der Waals surface area contributed by atoms with Crippen molar-refractivity contribution in [3.05, 3.63) is 0 Å². The first-order chi connectivity index (χ1) is 6.29. The zero-order chi connectivity index (χ0) is 9.47. The van der Waals surface area contributed by atoms with Crippen LogP contribution in [0.1, 0.15) is 19.3 Å². The van der Waals surface area contributed by atoms with Gasteiger partial charge >= 0.3 is 8.80 Å². The van der Waals surface area contributed by atoms with Gasteiger partial charge < -0.3 is 13.3 Å². The molecule has 2 aliphatic rings. The summed E-state index contributed by atoms with van der Waals surface area (Å²) in [7, 11) is 2.87. The summed E-state index contributed by atoms with van der Waals surface area (Å²) in [5.41, 5.74) is 0.598. The molecule has 4 heteroatoms. The molecule has 2 atom stereocenters.